The van der Waals surface area contributed by atoms with E-state index in [4.69, 9.17) is 15.2 Å². The van der Waals surface area contributed by atoms with Crippen LogP contribution in [0.4, 0.5) is 17.2 Å². The zero-order valence-corrected chi connectivity index (χ0v) is 15.8. The number of amides is 1. The fourth-order valence-corrected chi connectivity index (χ4v) is 2.65. The Labute approximate surface area is 163 Å². The SMILES string of the molecule is CCOC(=O)c1cnc(SCC(=O)Nc2ccc([N+](=O)[O-])cc2OC)nc1N. The number of nitrogens with two attached hydrogens (primary N) is 1. The highest BCUT2D eigenvalue weighted by Gasteiger charge is 2.16. The van der Waals surface area contributed by atoms with Gasteiger partial charge in [0.05, 0.1) is 36.1 Å². The van der Waals surface area contributed by atoms with Crippen LogP contribution in [0.2, 0.25) is 0 Å². The molecule has 1 aromatic heterocycles. The van der Waals surface area contributed by atoms with Crippen molar-refractivity contribution in [3.8, 4) is 5.75 Å². The van der Waals surface area contributed by atoms with Crippen molar-refractivity contribution in [2.24, 2.45) is 0 Å². The summed E-state index contributed by atoms with van der Waals surface area (Å²) in [5.74, 6) is -0.980. The number of hydrogen-bond donors (Lipinski definition) is 2. The first-order valence-corrected chi connectivity index (χ1v) is 8.89. The van der Waals surface area contributed by atoms with Gasteiger partial charge in [-0.2, -0.15) is 0 Å². The molecule has 0 spiro atoms. The molecule has 0 fully saturated rings. The van der Waals surface area contributed by atoms with E-state index in [0.29, 0.717) is 0 Å². The Morgan fingerprint density at radius 3 is 2.75 bits per heavy atom. The van der Waals surface area contributed by atoms with Crippen LogP contribution in [0.25, 0.3) is 0 Å². The van der Waals surface area contributed by atoms with E-state index in [2.05, 4.69) is 15.3 Å². The molecule has 0 saturated carbocycles. The number of carbonyl (C=O) groups excluding carboxylic acids is 2. The number of ether oxygens (including phenoxy) is 2. The number of rotatable bonds is 8. The summed E-state index contributed by atoms with van der Waals surface area (Å²) in [4.78, 5) is 42.0. The summed E-state index contributed by atoms with van der Waals surface area (Å²) in [6, 6.07) is 3.84. The Hall–Kier alpha value is -3.41. The number of anilines is 2. The Kier molecular flexibility index (Phi) is 7.09. The van der Waals surface area contributed by atoms with Gasteiger partial charge in [-0.3, -0.25) is 14.9 Å². The minimum absolute atomic E-state index is 0.0475. The van der Waals surface area contributed by atoms with E-state index in [0.717, 1.165) is 11.8 Å². The van der Waals surface area contributed by atoms with E-state index in [1.165, 1.54) is 31.5 Å². The van der Waals surface area contributed by atoms with Crippen LogP contribution >= 0.6 is 11.8 Å². The molecule has 1 amide bonds. The van der Waals surface area contributed by atoms with Gasteiger partial charge in [-0.1, -0.05) is 11.8 Å². The van der Waals surface area contributed by atoms with Crippen LogP contribution in [0.15, 0.2) is 29.6 Å². The predicted molar refractivity (Wildman–Crippen MR) is 101 cm³/mol. The number of methoxy groups -OCH3 is 1. The minimum Gasteiger partial charge on any atom is -0.494 e. The minimum atomic E-state index is -0.625. The molecule has 1 heterocycles. The molecule has 1 aromatic carbocycles. The monoisotopic (exact) mass is 407 g/mol. The van der Waals surface area contributed by atoms with Crippen molar-refractivity contribution in [2.45, 2.75) is 12.1 Å². The lowest BCUT2D eigenvalue weighted by atomic mass is 10.2. The number of hydrogen-bond acceptors (Lipinski definition) is 10. The lowest BCUT2D eigenvalue weighted by Gasteiger charge is -2.10. The fraction of sp³-hybridized carbons (Fsp3) is 0.250. The fourth-order valence-electron chi connectivity index (χ4n) is 2.03. The van der Waals surface area contributed by atoms with E-state index < -0.39 is 16.8 Å². The smallest absolute Gasteiger partial charge is 0.343 e. The second-order valence-electron chi connectivity index (χ2n) is 5.15. The summed E-state index contributed by atoms with van der Waals surface area (Å²) in [6.07, 6.45) is 1.24. The zero-order chi connectivity index (χ0) is 20.7. The largest absolute Gasteiger partial charge is 0.494 e. The van der Waals surface area contributed by atoms with Gasteiger partial charge in [0, 0.05) is 12.3 Å². The van der Waals surface area contributed by atoms with Gasteiger partial charge < -0.3 is 20.5 Å². The Bertz CT molecular complexity index is 907. The average molecular weight is 407 g/mol. The number of nitro benzene ring substituents is 1. The van der Waals surface area contributed by atoms with Crippen molar-refractivity contribution in [2.75, 3.05) is 30.5 Å². The molecule has 11 nitrogen and oxygen atoms in total. The summed E-state index contributed by atoms with van der Waals surface area (Å²) in [5.41, 5.74) is 5.90. The van der Waals surface area contributed by atoms with Gasteiger partial charge in [-0.25, -0.2) is 14.8 Å². The molecule has 12 heteroatoms. The highest BCUT2D eigenvalue weighted by molar-refractivity contribution is 7.99. The molecule has 0 atom stereocenters. The summed E-state index contributed by atoms with van der Waals surface area (Å²) < 4.78 is 9.89. The Morgan fingerprint density at radius 2 is 2.14 bits per heavy atom. The number of aromatic nitrogens is 2. The van der Waals surface area contributed by atoms with Crippen LogP contribution in [-0.2, 0) is 9.53 Å². The number of nitrogens with one attached hydrogen (secondary N) is 1. The lowest BCUT2D eigenvalue weighted by molar-refractivity contribution is -0.384. The number of carbonyl (C=O) groups is 2. The summed E-state index contributed by atoms with van der Waals surface area (Å²) in [6.45, 7) is 1.86. The average Bonchev–Trinajstić information content (AvgIpc) is 2.66. The maximum atomic E-state index is 12.1. The first-order chi connectivity index (χ1) is 13.3. The van der Waals surface area contributed by atoms with Gasteiger partial charge in [0.15, 0.2) is 5.16 Å². The second kappa shape index (κ2) is 9.50. The van der Waals surface area contributed by atoms with E-state index in [9.17, 15) is 19.7 Å². The maximum absolute atomic E-state index is 12.1. The number of esters is 1. The quantitative estimate of drug-likeness (QED) is 0.217. The molecule has 0 aliphatic carbocycles. The van der Waals surface area contributed by atoms with Crippen molar-refractivity contribution >= 4 is 40.8 Å². The second-order valence-corrected chi connectivity index (χ2v) is 6.09. The number of benzene rings is 1. The number of non-ortho nitro benzene ring substituents is 1. The third-order valence-electron chi connectivity index (χ3n) is 3.29. The van der Waals surface area contributed by atoms with Crippen molar-refractivity contribution in [3.05, 3.63) is 40.1 Å². The molecule has 148 valence electrons. The molecular weight excluding hydrogens is 390 g/mol. The van der Waals surface area contributed by atoms with Gasteiger partial charge in [0.2, 0.25) is 5.91 Å². The highest BCUT2D eigenvalue weighted by atomic mass is 32.2. The van der Waals surface area contributed by atoms with Crippen molar-refractivity contribution in [1.82, 2.24) is 9.97 Å². The molecule has 0 aliphatic heterocycles. The van der Waals surface area contributed by atoms with Gasteiger partial charge in [0.1, 0.15) is 17.1 Å². The molecule has 0 saturated heterocycles. The van der Waals surface area contributed by atoms with Crippen molar-refractivity contribution < 1.29 is 24.0 Å². The maximum Gasteiger partial charge on any atom is 0.343 e. The molecule has 0 unspecified atom stereocenters. The Morgan fingerprint density at radius 1 is 1.39 bits per heavy atom. The van der Waals surface area contributed by atoms with Crippen molar-refractivity contribution in [1.29, 1.82) is 0 Å². The van der Waals surface area contributed by atoms with E-state index >= 15 is 0 Å². The molecule has 0 radical (unpaired) electrons. The third kappa shape index (κ3) is 5.30. The van der Waals surface area contributed by atoms with Gasteiger partial charge in [0.25, 0.3) is 5.69 Å². The van der Waals surface area contributed by atoms with Crippen LogP contribution in [-0.4, -0.2) is 46.2 Å². The highest BCUT2D eigenvalue weighted by Crippen LogP contribution is 2.29. The molecule has 2 rings (SSSR count). The van der Waals surface area contributed by atoms with Crippen LogP contribution < -0.4 is 15.8 Å². The molecular formula is C16H17N5O6S. The number of nitrogen functional groups attached to an aromatic ring is 1. The van der Waals surface area contributed by atoms with Crippen LogP contribution in [0.3, 0.4) is 0 Å². The normalized spacial score (nSPS) is 10.2. The molecule has 28 heavy (non-hydrogen) atoms. The van der Waals surface area contributed by atoms with E-state index in [1.54, 1.807) is 6.92 Å². The topological polar surface area (TPSA) is 160 Å². The number of thioether (sulfide) groups is 1. The van der Waals surface area contributed by atoms with Gasteiger partial charge >= 0.3 is 5.97 Å². The Balaban J connectivity index is 2.00. The summed E-state index contributed by atoms with van der Waals surface area (Å²) in [5, 5.41) is 13.6. The third-order valence-corrected chi connectivity index (χ3v) is 4.16. The first kappa shape index (κ1) is 20.9. The van der Waals surface area contributed by atoms with Crippen molar-refractivity contribution in [3.63, 3.8) is 0 Å². The first-order valence-electron chi connectivity index (χ1n) is 7.90. The summed E-state index contributed by atoms with van der Waals surface area (Å²) >= 11 is 1.00. The van der Waals surface area contributed by atoms with E-state index in [1.807, 2.05) is 0 Å². The number of nitrogens with zero attached hydrogens (tertiary/aromatic N) is 3. The van der Waals surface area contributed by atoms with Crippen LogP contribution in [0, 0.1) is 10.1 Å². The van der Waals surface area contributed by atoms with E-state index in [-0.39, 0.29) is 46.0 Å². The summed E-state index contributed by atoms with van der Waals surface area (Å²) in [7, 11) is 1.34. The predicted octanol–water partition coefficient (Wildman–Crippen LogP) is 1.88. The molecule has 3 N–H and O–H groups in total. The number of nitro groups is 1. The molecule has 0 bridgehead atoms. The van der Waals surface area contributed by atoms with Gasteiger partial charge in [-0.15, -0.1) is 0 Å². The van der Waals surface area contributed by atoms with Gasteiger partial charge in [-0.05, 0) is 13.0 Å². The standard InChI is InChI=1S/C16H17N5O6S/c1-3-27-15(23)10-7-18-16(20-14(10)17)28-8-13(22)19-11-5-4-9(21(24)25)6-12(11)26-2/h4-7H,3,8H2,1-2H3,(H,19,22)(H2,17,18,20). The lowest BCUT2D eigenvalue weighted by Crippen LogP contribution is -2.15. The van der Waals surface area contributed by atoms with Crippen LogP contribution in [0.1, 0.15) is 17.3 Å². The molecule has 2 aromatic rings. The molecule has 0 aliphatic rings. The van der Waals surface area contributed by atoms with Crippen LogP contribution in [0.5, 0.6) is 5.75 Å². The zero-order valence-electron chi connectivity index (χ0n) is 15.0.